The van der Waals surface area contributed by atoms with E-state index in [1.165, 1.54) is 0 Å². The molecule has 0 aromatic rings. The zero-order valence-corrected chi connectivity index (χ0v) is 10.7. The highest BCUT2D eigenvalue weighted by Gasteiger charge is 2.31. The van der Waals surface area contributed by atoms with E-state index in [-0.39, 0.29) is 26.4 Å². The third-order valence-electron chi connectivity index (χ3n) is 2.39. The zero-order chi connectivity index (χ0) is 12.8. The number of hydrogen-bond donors (Lipinski definition) is 3. The molecule has 0 bridgehead atoms. The van der Waals surface area contributed by atoms with E-state index in [1.54, 1.807) is 0 Å². The van der Waals surface area contributed by atoms with Gasteiger partial charge in [-0.25, -0.2) is 0 Å². The molecule has 0 unspecified atom stereocenters. The van der Waals surface area contributed by atoms with E-state index in [4.69, 9.17) is 20.1 Å². The molecular weight excluding hydrogens is 208 g/mol. The highest BCUT2D eigenvalue weighted by atomic mass is 16.5. The fourth-order valence-corrected chi connectivity index (χ4v) is 1.36. The third kappa shape index (κ3) is 5.07. The molecule has 96 valence electrons. The van der Waals surface area contributed by atoms with Crippen LogP contribution in [-0.4, -0.2) is 47.3 Å². The number of aliphatic hydroxyl groups is 3. The second-order valence-corrected chi connectivity index (χ2v) is 5.09. The predicted octanol–water partition coefficient (Wildman–Crippen LogP) is 0.711. The van der Waals surface area contributed by atoms with Crippen molar-refractivity contribution in [1.29, 1.82) is 0 Å². The van der Waals surface area contributed by atoms with E-state index in [2.05, 4.69) is 0 Å². The van der Waals surface area contributed by atoms with Gasteiger partial charge in [-0.3, -0.25) is 0 Å². The first-order valence-electron chi connectivity index (χ1n) is 5.43. The zero-order valence-electron chi connectivity index (χ0n) is 10.7. The van der Waals surface area contributed by atoms with E-state index >= 15 is 0 Å². The van der Waals surface area contributed by atoms with Gasteiger partial charge in [0, 0.05) is 0 Å². The van der Waals surface area contributed by atoms with Crippen LogP contribution in [0.4, 0.5) is 0 Å². The van der Waals surface area contributed by atoms with E-state index in [9.17, 15) is 0 Å². The molecule has 0 fully saturated rings. The molecule has 0 aromatic carbocycles. The van der Waals surface area contributed by atoms with Crippen molar-refractivity contribution in [2.75, 3.05) is 26.4 Å². The number of ether oxygens (including phenoxy) is 1. The molecule has 0 aromatic heterocycles. The van der Waals surface area contributed by atoms with Crippen LogP contribution in [0.15, 0.2) is 11.6 Å². The molecule has 4 heteroatoms. The van der Waals surface area contributed by atoms with Gasteiger partial charge in [0.15, 0.2) is 0 Å². The van der Waals surface area contributed by atoms with Crippen molar-refractivity contribution in [2.24, 2.45) is 5.41 Å². The van der Waals surface area contributed by atoms with Gasteiger partial charge in [-0.1, -0.05) is 11.6 Å². The van der Waals surface area contributed by atoms with Crippen LogP contribution in [0.5, 0.6) is 0 Å². The summed E-state index contributed by atoms with van der Waals surface area (Å²) in [5.41, 5.74) is -0.302. The molecule has 0 saturated carbocycles. The lowest BCUT2D eigenvalue weighted by atomic mass is 9.92. The second kappa shape index (κ2) is 6.35. The van der Waals surface area contributed by atoms with E-state index < -0.39 is 11.0 Å². The number of allylic oxidation sites excluding steroid dienone is 1. The van der Waals surface area contributed by atoms with Crippen molar-refractivity contribution in [3.63, 3.8) is 0 Å². The van der Waals surface area contributed by atoms with Crippen molar-refractivity contribution in [1.82, 2.24) is 0 Å². The molecule has 0 spiro atoms. The van der Waals surface area contributed by atoms with Crippen LogP contribution in [0.2, 0.25) is 0 Å². The highest BCUT2D eigenvalue weighted by molar-refractivity contribution is 5.04. The summed E-state index contributed by atoms with van der Waals surface area (Å²) in [4.78, 5) is 0. The molecule has 0 heterocycles. The van der Waals surface area contributed by atoms with Crippen LogP contribution in [0.25, 0.3) is 0 Å². The molecule has 0 aliphatic rings. The summed E-state index contributed by atoms with van der Waals surface area (Å²) in [6.45, 7) is 6.97. The normalized spacial score (nSPS) is 12.7. The van der Waals surface area contributed by atoms with Crippen LogP contribution >= 0.6 is 0 Å². The van der Waals surface area contributed by atoms with Gasteiger partial charge in [-0.05, 0) is 27.7 Å². The van der Waals surface area contributed by atoms with Gasteiger partial charge in [0.1, 0.15) is 0 Å². The largest absolute Gasteiger partial charge is 0.396 e. The average molecular weight is 232 g/mol. The van der Waals surface area contributed by atoms with Gasteiger partial charge >= 0.3 is 0 Å². The minimum Gasteiger partial charge on any atom is -0.396 e. The minimum absolute atomic E-state index is 0.118. The quantitative estimate of drug-likeness (QED) is 0.565. The standard InChI is InChI=1S/C12H24O4/c1-10(2)5-11(3,4)16-9-12(6-13,7-14)8-15/h5,13-15H,6-9H2,1-4H3. The van der Waals surface area contributed by atoms with Gasteiger partial charge < -0.3 is 20.1 Å². The van der Waals surface area contributed by atoms with Crippen molar-refractivity contribution in [3.8, 4) is 0 Å². The molecule has 16 heavy (non-hydrogen) atoms. The van der Waals surface area contributed by atoms with Gasteiger partial charge in [0.25, 0.3) is 0 Å². The Labute approximate surface area is 97.6 Å². The molecule has 0 aliphatic carbocycles. The maximum absolute atomic E-state index is 9.14. The van der Waals surface area contributed by atoms with Crippen molar-refractivity contribution in [2.45, 2.75) is 33.3 Å². The molecule has 0 saturated heterocycles. The fourth-order valence-electron chi connectivity index (χ4n) is 1.36. The summed E-state index contributed by atoms with van der Waals surface area (Å²) < 4.78 is 5.62. The van der Waals surface area contributed by atoms with Crippen LogP contribution in [0.3, 0.4) is 0 Å². The van der Waals surface area contributed by atoms with Crippen molar-refractivity contribution in [3.05, 3.63) is 11.6 Å². The summed E-state index contributed by atoms with van der Waals surface area (Å²) in [6.07, 6.45) is 1.96. The molecule has 0 amide bonds. The van der Waals surface area contributed by atoms with Crippen LogP contribution < -0.4 is 0 Å². The number of rotatable bonds is 7. The van der Waals surface area contributed by atoms with Crippen LogP contribution in [0, 0.1) is 5.41 Å². The van der Waals surface area contributed by atoms with Crippen LogP contribution in [-0.2, 0) is 4.74 Å². The molecule has 0 aliphatic heterocycles. The maximum Gasteiger partial charge on any atom is 0.0809 e. The Kier molecular flexibility index (Phi) is 6.18. The average Bonchev–Trinajstić information content (AvgIpc) is 2.19. The molecule has 0 atom stereocenters. The van der Waals surface area contributed by atoms with Gasteiger partial charge in [-0.15, -0.1) is 0 Å². The molecule has 0 radical (unpaired) electrons. The van der Waals surface area contributed by atoms with Crippen LogP contribution in [0.1, 0.15) is 27.7 Å². The Morgan fingerprint density at radius 1 is 1.06 bits per heavy atom. The smallest absolute Gasteiger partial charge is 0.0809 e. The lowest BCUT2D eigenvalue weighted by Gasteiger charge is -2.32. The Bertz CT molecular complexity index is 217. The minimum atomic E-state index is -0.966. The number of hydrogen-bond acceptors (Lipinski definition) is 4. The Morgan fingerprint density at radius 3 is 1.81 bits per heavy atom. The predicted molar refractivity (Wildman–Crippen MR) is 63.2 cm³/mol. The van der Waals surface area contributed by atoms with E-state index in [0.717, 1.165) is 5.57 Å². The molecular formula is C12H24O4. The van der Waals surface area contributed by atoms with Crippen molar-refractivity contribution < 1.29 is 20.1 Å². The fraction of sp³-hybridized carbons (Fsp3) is 0.833. The summed E-state index contributed by atoms with van der Waals surface area (Å²) in [7, 11) is 0. The highest BCUT2D eigenvalue weighted by Crippen LogP contribution is 2.21. The lowest BCUT2D eigenvalue weighted by Crippen LogP contribution is -2.41. The first-order chi connectivity index (χ1) is 7.31. The summed E-state index contributed by atoms with van der Waals surface area (Å²) in [6, 6.07) is 0. The molecule has 4 nitrogen and oxygen atoms in total. The summed E-state index contributed by atoms with van der Waals surface area (Å²) >= 11 is 0. The molecule has 3 N–H and O–H groups in total. The molecule has 0 rings (SSSR count). The van der Waals surface area contributed by atoms with Gasteiger partial charge in [0.2, 0.25) is 0 Å². The van der Waals surface area contributed by atoms with Crippen molar-refractivity contribution >= 4 is 0 Å². The number of aliphatic hydroxyl groups excluding tert-OH is 3. The summed E-state index contributed by atoms with van der Waals surface area (Å²) in [5, 5.41) is 27.4. The van der Waals surface area contributed by atoms with E-state index in [0.29, 0.717) is 0 Å². The Balaban J connectivity index is 4.47. The van der Waals surface area contributed by atoms with E-state index in [1.807, 2.05) is 33.8 Å². The topological polar surface area (TPSA) is 69.9 Å². The lowest BCUT2D eigenvalue weighted by molar-refractivity contribution is -0.0933. The monoisotopic (exact) mass is 232 g/mol. The SMILES string of the molecule is CC(C)=CC(C)(C)OCC(CO)(CO)CO. The third-order valence-corrected chi connectivity index (χ3v) is 2.39. The first kappa shape index (κ1) is 15.6. The Morgan fingerprint density at radius 2 is 1.50 bits per heavy atom. The Hall–Kier alpha value is -0.420. The van der Waals surface area contributed by atoms with Gasteiger partial charge in [0.05, 0.1) is 37.4 Å². The summed E-state index contributed by atoms with van der Waals surface area (Å²) in [5.74, 6) is 0. The maximum atomic E-state index is 9.14. The van der Waals surface area contributed by atoms with Gasteiger partial charge in [-0.2, -0.15) is 0 Å². The first-order valence-corrected chi connectivity index (χ1v) is 5.43. The second-order valence-electron chi connectivity index (χ2n) is 5.09.